The van der Waals surface area contributed by atoms with Gasteiger partial charge in [-0.1, -0.05) is 12.1 Å². The van der Waals surface area contributed by atoms with Gasteiger partial charge in [-0.05, 0) is 48.2 Å². The number of likely N-dealkylation sites (N-methyl/N-ethyl adjacent to an activating group) is 1. The van der Waals surface area contributed by atoms with Crippen LogP contribution in [0.2, 0.25) is 0 Å². The molecule has 9 heteroatoms. The van der Waals surface area contributed by atoms with Crippen LogP contribution in [0.25, 0.3) is 11.1 Å². The van der Waals surface area contributed by atoms with Crippen LogP contribution in [0.1, 0.15) is 12.8 Å². The van der Waals surface area contributed by atoms with Crippen molar-refractivity contribution in [2.24, 2.45) is 0 Å². The summed E-state index contributed by atoms with van der Waals surface area (Å²) < 4.78 is 52.5. The molecular formula is C20H21F2N3O3S. The van der Waals surface area contributed by atoms with Gasteiger partial charge in [0.2, 0.25) is 10.0 Å². The molecule has 2 amide bonds. The topological polar surface area (TPSA) is 69.7 Å². The Balaban J connectivity index is 1.35. The summed E-state index contributed by atoms with van der Waals surface area (Å²) in [6, 6.07) is 9.40. The second-order valence-corrected chi connectivity index (χ2v) is 9.70. The van der Waals surface area contributed by atoms with Crippen LogP contribution in [0.15, 0.2) is 42.5 Å². The van der Waals surface area contributed by atoms with Gasteiger partial charge in [0, 0.05) is 31.9 Å². The van der Waals surface area contributed by atoms with E-state index in [9.17, 15) is 22.0 Å². The van der Waals surface area contributed by atoms with Crippen LogP contribution in [0.3, 0.4) is 0 Å². The van der Waals surface area contributed by atoms with Gasteiger partial charge in [0.05, 0.1) is 11.3 Å². The van der Waals surface area contributed by atoms with Crippen molar-refractivity contribution in [3.63, 3.8) is 0 Å². The Bertz CT molecular complexity index is 1010. The van der Waals surface area contributed by atoms with Gasteiger partial charge in [0.15, 0.2) is 0 Å². The zero-order chi connectivity index (χ0) is 20.8. The first kappa shape index (κ1) is 19.8. The maximum Gasteiger partial charge on any atom is 0.321 e. The molecule has 1 aliphatic carbocycles. The molecule has 1 aliphatic heterocycles. The number of nitrogens with one attached hydrogen (secondary N) is 1. The van der Waals surface area contributed by atoms with Crippen molar-refractivity contribution in [3.8, 4) is 11.1 Å². The normalized spacial score (nSPS) is 17.6. The summed E-state index contributed by atoms with van der Waals surface area (Å²) in [4.78, 5) is 13.9. The maximum atomic E-state index is 13.4. The van der Waals surface area contributed by atoms with Gasteiger partial charge < -0.3 is 10.2 Å². The molecule has 0 bridgehead atoms. The summed E-state index contributed by atoms with van der Waals surface area (Å²) in [5.74, 6) is -1.31. The lowest BCUT2D eigenvalue weighted by atomic mass is 10.1. The van der Waals surface area contributed by atoms with Crippen molar-refractivity contribution in [1.82, 2.24) is 9.21 Å². The van der Waals surface area contributed by atoms with E-state index < -0.39 is 21.7 Å². The highest BCUT2D eigenvalue weighted by atomic mass is 32.2. The third kappa shape index (κ3) is 4.11. The minimum absolute atomic E-state index is 0.168. The summed E-state index contributed by atoms with van der Waals surface area (Å²) in [7, 11) is -1.57. The number of rotatable bonds is 5. The molecule has 29 heavy (non-hydrogen) atoms. The second-order valence-electron chi connectivity index (χ2n) is 7.49. The molecule has 4 rings (SSSR count). The highest BCUT2D eigenvalue weighted by molar-refractivity contribution is 7.90. The number of nitrogens with zero attached hydrogens (tertiary/aromatic N) is 2. The Kier molecular flexibility index (Phi) is 5.04. The highest BCUT2D eigenvalue weighted by Gasteiger charge is 2.46. The van der Waals surface area contributed by atoms with E-state index in [2.05, 4.69) is 5.32 Å². The molecular weight excluding hydrogens is 400 g/mol. The van der Waals surface area contributed by atoms with Gasteiger partial charge in [-0.15, -0.1) is 0 Å². The van der Waals surface area contributed by atoms with Crippen LogP contribution >= 0.6 is 0 Å². The first-order chi connectivity index (χ1) is 13.7. The summed E-state index contributed by atoms with van der Waals surface area (Å²) in [6.45, 7) is 0.625. The van der Waals surface area contributed by atoms with E-state index in [4.69, 9.17) is 0 Å². The average molecular weight is 421 g/mol. The Morgan fingerprint density at radius 1 is 1.03 bits per heavy atom. The molecule has 154 valence electrons. The number of halogens is 2. The summed E-state index contributed by atoms with van der Waals surface area (Å²) >= 11 is 0. The van der Waals surface area contributed by atoms with Crippen molar-refractivity contribution in [3.05, 3.63) is 54.1 Å². The van der Waals surface area contributed by atoms with Crippen LogP contribution in [-0.2, 0) is 10.0 Å². The van der Waals surface area contributed by atoms with Crippen LogP contribution < -0.4 is 5.32 Å². The number of carbonyl (C=O) groups is 1. The van der Waals surface area contributed by atoms with Gasteiger partial charge in [-0.25, -0.2) is 22.0 Å². The number of urea groups is 1. The van der Waals surface area contributed by atoms with E-state index in [1.54, 1.807) is 31.3 Å². The molecule has 0 unspecified atom stereocenters. The fourth-order valence-electron chi connectivity index (χ4n) is 3.29. The van der Waals surface area contributed by atoms with E-state index in [1.807, 2.05) is 0 Å². The predicted octanol–water partition coefficient (Wildman–Crippen LogP) is 3.27. The average Bonchev–Trinajstić information content (AvgIpc) is 3.45. The van der Waals surface area contributed by atoms with E-state index in [-0.39, 0.29) is 17.3 Å². The molecule has 0 atom stereocenters. The number of hydrogen-bond donors (Lipinski definition) is 1. The Hall–Kier alpha value is -2.52. The van der Waals surface area contributed by atoms with E-state index in [0.29, 0.717) is 29.9 Å². The fraction of sp³-hybridized carbons (Fsp3) is 0.350. The van der Waals surface area contributed by atoms with Crippen molar-refractivity contribution in [1.29, 1.82) is 0 Å². The van der Waals surface area contributed by atoms with Gasteiger partial charge >= 0.3 is 6.03 Å². The lowest BCUT2D eigenvalue weighted by molar-refractivity contribution is 0.131. The minimum Gasteiger partial charge on any atom is -0.322 e. The molecule has 2 fully saturated rings. The minimum atomic E-state index is -3.20. The zero-order valence-electron chi connectivity index (χ0n) is 15.8. The molecule has 6 nitrogen and oxygen atoms in total. The molecule has 1 saturated carbocycles. The van der Waals surface area contributed by atoms with E-state index in [0.717, 1.165) is 18.9 Å². The van der Waals surface area contributed by atoms with E-state index in [1.165, 1.54) is 21.3 Å². The van der Waals surface area contributed by atoms with Gasteiger partial charge in [0.25, 0.3) is 0 Å². The first-order valence-electron chi connectivity index (χ1n) is 9.33. The monoisotopic (exact) mass is 421 g/mol. The molecule has 0 aromatic heterocycles. The number of amides is 2. The molecule has 1 heterocycles. The molecule has 0 radical (unpaired) electrons. The third-order valence-corrected chi connectivity index (χ3v) is 7.67. The quantitative estimate of drug-likeness (QED) is 0.806. The second kappa shape index (κ2) is 7.38. The molecule has 2 aromatic rings. The van der Waals surface area contributed by atoms with Crippen LogP contribution in [0, 0.1) is 11.6 Å². The molecule has 2 aromatic carbocycles. The van der Waals surface area contributed by atoms with Crippen LogP contribution in [-0.4, -0.2) is 55.1 Å². The highest BCUT2D eigenvalue weighted by Crippen LogP contribution is 2.34. The zero-order valence-corrected chi connectivity index (χ0v) is 16.6. The lowest BCUT2D eigenvalue weighted by Gasteiger charge is -2.42. The Morgan fingerprint density at radius 3 is 2.17 bits per heavy atom. The van der Waals surface area contributed by atoms with Crippen molar-refractivity contribution in [2.45, 2.75) is 24.1 Å². The maximum absolute atomic E-state index is 13.4. The largest absolute Gasteiger partial charge is 0.322 e. The first-order valence-corrected chi connectivity index (χ1v) is 10.8. The predicted molar refractivity (Wildman–Crippen MR) is 106 cm³/mol. The number of carbonyl (C=O) groups excluding carboxylic acids is 1. The molecule has 1 saturated heterocycles. The van der Waals surface area contributed by atoms with Gasteiger partial charge in [0.1, 0.15) is 11.6 Å². The van der Waals surface area contributed by atoms with Gasteiger partial charge in [-0.2, -0.15) is 4.31 Å². The number of benzene rings is 2. The Labute approximate surface area is 168 Å². The fourth-order valence-corrected chi connectivity index (χ4v) is 5.20. The third-order valence-electron chi connectivity index (χ3n) is 5.33. The molecule has 1 N–H and O–H groups in total. The van der Waals surface area contributed by atoms with Gasteiger partial charge in [-0.3, -0.25) is 0 Å². The summed E-state index contributed by atoms with van der Waals surface area (Å²) in [5.41, 5.74) is 1.56. The molecule has 2 aliphatic rings. The number of hydrogen-bond acceptors (Lipinski definition) is 3. The van der Waals surface area contributed by atoms with E-state index >= 15 is 0 Å². The lowest BCUT2D eigenvalue weighted by Crippen LogP contribution is -2.62. The standard InChI is InChI=1S/C20H21F2N3O3S/c1-24(18-11-25(12-18)29(27,28)19-6-7-19)20(26)23-17-4-2-13(3-5-17)14-8-15(21)10-16(22)9-14/h2-5,8-10,18-19H,6-7,11-12H2,1H3,(H,23,26). The van der Waals surface area contributed by atoms with Crippen LogP contribution in [0.4, 0.5) is 19.3 Å². The summed E-state index contributed by atoms with van der Waals surface area (Å²) in [5, 5.41) is 2.51. The van der Waals surface area contributed by atoms with Crippen molar-refractivity contribution >= 4 is 21.7 Å². The summed E-state index contributed by atoms with van der Waals surface area (Å²) in [6.07, 6.45) is 1.44. The smallest absolute Gasteiger partial charge is 0.321 e. The van der Waals surface area contributed by atoms with Crippen molar-refractivity contribution < 1.29 is 22.0 Å². The number of anilines is 1. The van der Waals surface area contributed by atoms with Crippen molar-refractivity contribution in [2.75, 3.05) is 25.5 Å². The Morgan fingerprint density at radius 2 is 1.62 bits per heavy atom. The number of sulfonamides is 1. The van der Waals surface area contributed by atoms with Crippen LogP contribution in [0.5, 0.6) is 0 Å². The SMILES string of the molecule is CN(C(=O)Nc1ccc(-c2cc(F)cc(F)c2)cc1)C1CN(S(=O)(=O)C2CC2)C1. The molecule has 0 spiro atoms.